The van der Waals surface area contributed by atoms with Crippen LogP contribution in [-0.2, 0) is 29.1 Å². The van der Waals surface area contributed by atoms with E-state index < -0.39 is 11.6 Å². The predicted octanol–water partition coefficient (Wildman–Crippen LogP) is 7.95. The van der Waals surface area contributed by atoms with Crippen LogP contribution in [0.3, 0.4) is 0 Å². The quantitative estimate of drug-likeness (QED) is 0.111. The number of aromatic nitrogens is 2. The summed E-state index contributed by atoms with van der Waals surface area (Å²) in [5.74, 6) is -0.801. The number of rotatable bonds is 13. The van der Waals surface area contributed by atoms with Crippen LogP contribution in [0.4, 0.5) is 8.78 Å². The number of carbonyl (C=O) groups excluding carboxylic acids is 1. The summed E-state index contributed by atoms with van der Waals surface area (Å²) >= 11 is 12.7. The third-order valence-electron chi connectivity index (χ3n) is 9.41. The highest BCUT2D eigenvalue weighted by atomic mass is 35.5. The van der Waals surface area contributed by atoms with Crippen molar-refractivity contribution in [3.63, 3.8) is 0 Å². The minimum Gasteiger partial charge on any atom is -0.469 e. The molecule has 2 bridgehead atoms. The number of hydrogen-bond donors (Lipinski definition) is 1. The number of fused-ring (bicyclic) bond motifs is 2. The number of benzene rings is 2. The molecule has 2 aromatic heterocycles. The number of carbonyl (C=O) groups is 1. The van der Waals surface area contributed by atoms with Crippen LogP contribution in [-0.4, -0.2) is 52.8 Å². The van der Waals surface area contributed by atoms with Crippen molar-refractivity contribution in [1.29, 1.82) is 0 Å². The smallest absolute Gasteiger partial charge is 0.252 e. The monoisotopic (exact) mass is 708 g/mol. The molecule has 8 nitrogen and oxygen atoms in total. The lowest BCUT2D eigenvalue weighted by atomic mass is 9.89. The van der Waals surface area contributed by atoms with E-state index in [0.29, 0.717) is 30.1 Å². The molecule has 1 aliphatic carbocycles. The van der Waals surface area contributed by atoms with Gasteiger partial charge < -0.3 is 24.2 Å². The van der Waals surface area contributed by atoms with Crippen molar-refractivity contribution in [3.8, 4) is 17.1 Å². The first-order chi connectivity index (χ1) is 23.8. The molecule has 12 heteroatoms. The summed E-state index contributed by atoms with van der Waals surface area (Å²) in [6, 6.07) is 13.6. The molecule has 7 rings (SSSR count). The summed E-state index contributed by atoms with van der Waals surface area (Å²) in [7, 11) is 1.70. The molecule has 0 unspecified atom stereocenters. The second-order valence-electron chi connectivity index (χ2n) is 12.8. The Morgan fingerprint density at radius 1 is 1.06 bits per heavy atom. The summed E-state index contributed by atoms with van der Waals surface area (Å²) in [6.07, 6.45) is 8.12. The maximum Gasteiger partial charge on any atom is 0.252 e. The second-order valence-corrected chi connectivity index (χ2v) is 13.6. The van der Waals surface area contributed by atoms with Crippen LogP contribution in [0.2, 0.25) is 10.0 Å². The third kappa shape index (κ3) is 7.38. The molecule has 1 N–H and O–H groups in total. The first-order valence-corrected chi connectivity index (χ1v) is 17.3. The summed E-state index contributed by atoms with van der Waals surface area (Å²) in [4.78, 5) is 21.0. The van der Waals surface area contributed by atoms with Gasteiger partial charge in [0.1, 0.15) is 17.3 Å². The fraction of sp³-hybridized carbons (Fsp3) is 0.378. The molecule has 2 fully saturated rings. The van der Waals surface area contributed by atoms with Crippen LogP contribution in [0.25, 0.3) is 16.8 Å². The van der Waals surface area contributed by atoms with Gasteiger partial charge >= 0.3 is 0 Å². The van der Waals surface area contributed by atoms with E-state index in [1.807, 2.05) is 23.1 Å². The average molecular weight is 710 g/mol. The molecule has 2 aromatic carbocycles. The Hall–Kier alpha value is -3.83. The van der Waals surface area contributed by atoms with E-state index in [0.717, 1.165) is 79.4 Å². The molecule has 49 heavy (non-hydrogen) atoms. The van der Waals surface area contributed by atoms with Gasteiger partial charge in [-0.05, 0) is 91.5 Å². The standard InChI is InChI=1S/C37H36Cl2F2N4O4/c1-47-14-2-3-21-4-9-28(38)23(15-21)19-45(25-7-8-25)37(46)34-27(16-24-6-12-31(34)43-24)22-5-13-33(42-18-22)48-20-26-17-32(44-49-26)35-29(40)10-11-30(41)36(35)39/h4-5,9-11,13,15,17-18,24-25,31,43H,2-3,6-8,12,14,16,19-20H2,1H3/t24-,31+/m0/s1. The molecular weight excluding hydrogens is 673 g/mol. The molecule has 1 saturated carbocycles. The van der Waals surface area contributed by atoms with Crippen LogP contribution in [0.1, 0.15) is 61.0 Å². The molecule has 2 atom stereocenters. The van der Waals surface area contributed by atoms with Gasteiger partial charge in [0.25, 0.3) is 5.91 Å². The van der Waals surface area contributed by atoms with Gasteiger partial charge in [-0.3, -0.25) is 4.79 Å². The molecule has 0 radical (unpaired) electrons. The average Bonchev–Trinajstić information content (AvgIpc) is 3.73. The Bertz CT molecular complexity index is 1880. The molecule has 256 valence electrons. The lowest BCUT2D eigenvalue weighted by Crippen LogP contribution is -2.44. The van der Waals surface area contributed by atoms with Gasteiger partial charge in [0.15, 0.2) is 12.4 Å². The van der Waals surface area contributed by atoms with E-state index in [-0.39, 0.29) is 46.6 Å². The number of hydrogen-bond acceptors (Lipinski definition) is 7. The minimum absolute atomic E-state index is 0.0219. The lowest BCUT2D eigenvalue weighted by Gasteiger charge is -2.32. The number of pyridine rings is 1. The molecule has 0 spiro atoms. The van der Waals surface area contributed by atoms with Gasteiger partial charge in [-0.2, -0.15) is 0 Å². The number of amides is 1. The van der Waals surface area contributed by atoms with Crippen molar-refractivity contribution in [2.75, 3.05) is 13.7 Å². The normalized spacial score (nSPS) is 18.6. The topological polar surface area (TPSA) is 89.7 Å². The Kier molecular flexibility index (Phi) is 10.0. The zero-order chi connectivity index (χ0) is 34.1. The molecule has 4 heterocycles. The van der Waals surface area contributed by atoms with Crippen LogP contribution >= 0.6 is 23.2 Å². The highest BCUT2D eigenvalue weighted by molar-refractivity contribution is 6.33. The van der Waals surface area contributed by atoms with Gasteiger partial charge in [-0.1, -0.05) is 40.5 Å². The van der Waals surface area contributed by atoms with Gasteiger partial charge in [-0.15, -0.1) is 0 Å². The van der Waals surface area contributed by atoms with Crippen molar-refractivity contribution in [1.82, 2.24) is 20.4 Å². The Labute approximate surface area is 293 Å². The SMILES string of the molecule is COCCCc1ccc(Cl)c(CN(C(=O)C2=C(c3ccc(OCc4cc(-c5c(F)ccc(F)c5Cl)no4)nc3)C[C@@H]3CC[C@H]2N3)C2CC2)c1. The fourth-order valence-electron chi connectivity index (χ4n) is 6.79. The van der Waals surface area contributed by atoms with E-state index in [2.05, 4.69) is 21.5 Å². The molecule has 2 aliphatic heterocycles. The highest BCUT2D eigenvalue weighted by Gasteiger charge is 2.42. The van der Waals surface area contributed by atoms with Gasteiger partial charge in [0, 0.05) is 67.3 Å². The fourth-order valence-corrected chi connectivity index (χ4v) is 7.22. The zero-order valence-electron chi connectivity index (χ0n) is 27.0. The number of ether oxygens (including phenoxy) is 2. The number of nitrogens with zero attached hydrogens (tertiary/aromatic N) is 3. The summed E-state index contributed by atoms with van der Waals surface area (Å²) in [6.45, 7) is 1.11. The Morgan fingerprint density at radius 2 is 1.90 bits per heavy atom. The summed E-state index contributed by atoms with van der Waals surface area (Å²) in [5.41, 5.74) is 4.71. The van der Waals surface area contributed by atoms with E-state index in [1.165, 1.54) is 11.6 Å². The Balaban J connectivity index is 1.09. The van der Waals surface area contributed by atoms with Crippen molar-refractivity contribution in [3.05, 3.63) is 104 Å². The molecule has 4 aromatic rings. The third-order valence-corrected chi connectivity index (χ3v) is 10.2. The van der Waals surface area contributed by atoms with E-state index in [1.54, 1.807) is 19.4 Å². The van der Waals surface area contributed by atoms with Crippen LogP contribution in [0.5, 0.6) is 5.88 Å². The maximum absolute atomic E-state index is 14.5. The number of nitrogens with one attached hydrogen (secondary N) is 1. The van der Waals surface area contributed by atoms with Crippen molar-refractivity contribution >= 4 is 34.7 Å². The Morgan fingerprint density at radius 3 is 2.67 bits per heavy atom. The molecular formula is C37H36Cl2F2N4O4. The van der Waals surface area contributed by atoms with Crippen molar-refractivity contribution in [2.24, 2.45) is 0 Å². The lowest BCUT2D eigenvalue weighted by molar-refractivity contribution is -0.128. The highest BCUT2D eigenvalue weighted by Crippen LogP contribution is 2.41. The zero-order valence-corrected chi connectivity index (χ0v) is 28.5. The largest absolute Gasteiger partial charge is 0.469 e. The number of methoxy groups -OCH3 is 1. The first kappa shape index (κ1) is 33.7. The van der Waals surface area contributed by atoms with E-state index >= 15 is 0 Å². The van der Waals surface area contributed by atoms with Gasteiger partial charge in [-0.25, -0.2) is 13.8 Å². The maximum atomic E-state index is 14.5. The van der Waals surface area contributed by atoms with Crippen LogP contribution in [0, 0.1) is 11.6 Å². The second kappa shape index (κ2) is 14.6. The molecule has 1 amide bonds. The van der Waals surface area contributed by atoms with Gasteiger partial charge in [0.05, 0.1) is 10.6 Å². The van der Waals surface area contributed by atoms with Crippen molar-refractivity contribution in [2.45, 2.75) is 76.2 Å². The van der Waals surface area contributed by atoms with Crippen molar-refractivity contribution < 1.29 is 27.6 Å². The minimum atomic E-state index is -0.756. The summed E-state index contributed by atoms with van der Waals surface area (Å²) < 4.78 is 44.6. The first-order valence-electron chi connectivity index (χ1n) is 16.5. The summed E-state index contributed by atoms with van der Waals surface area (Å²) in [5, 5.41) is 7.79. The molecule has 1 saturated heterocycles. The number of halogens is 4. The number of aryl methyl sites for hydroxylation is 1. The van der Waals surface area contributed by atoms with Crippen LogP contribution in [0.15, 0.2) is 64.8 Å². The predicted molar refractivity (Wildman–Crippen MR) is 182 cm³/mol. The van der Waals surface area contributed by atoms with E-state index in [4.69, 9.17) is 37.2 Å². The van der Waals surface area contributed by atoms with Crippen LogP contribution < -0.4 is 10.1 Å². The molecule has 3 aliphatic rings. The van der Waals surface area contributed by atoms with Gasteiger partial charge in [0.2, 0.25) is 5.88 Å². The van der Waals surface area contributed by atoms with E-state index in [9.17, 15) is 13.6 Å².